The molecule has 0 aliphatic rings. The average Bonchev–Trinajstić information content (AvgIpc) is 2.58. The lowest BCUT2D eigenvalue weighted by molar-refractivity contribution is -0.110. The standard InChI is InChI=1S/C20H24FNO2S/c1-2-3-5-16(13-23)14-25(24)20-9-8-18(21)12-17(20)10-15-6-4-7-19(22)11-15/h4,6-9,11-13,16H,2-3,5,10,14,22H2,1H3. The van der Waals surface area contributed by atoms with E-state index in [0.717, 1.165) is 31.1 Å². The van der Waals surface area contributed by atoms with Gasteiger partial charge in [0.05, 0.1) is 10.8 Å². The first-order valence-corrected chi connectivity index (χ1v) is 9.82. The number of hydrogen-bond acceptors (Lipinski definition) is 3. The van der Waals surface area contributed by atoms with Gasteiger partial charge in [-0.25, -0.2) is 4.39 Å². The van der Waals surface area contributed by atoms with Crippen LogP contribution in [-0.2, 0) is 22.0 Å². The Balaban J connectivity index is 2.22. The van der Waals surface area contributed by atoms with Crippen LogP contribution in [0.1, 0.15) is 37.3 Å². The molecule has 2 aromatic rings. The average molecular weight is 361 g/mol. The van der Waals surface area contributed by atoms with Crippen LogP contribution in [-0.4, -0.2) is 16.2 Å². The Morgan fingerprint density at radius 2 is 2.04 bits per heavy atom. The van der Waals surface area contributed by atoms with Crippen molar-refractivity contribution in [2.24, 2.45) is 5.92 Å². The Bertz CT molecular complexity index is 748. The van der Waals surface area contributed by atoms with Gasteiger partial charge in [-0.3, -0.25) is 4.21 Å². The Labute approximate surface area is 150 Å². The molecule has 0 aliphatic carbocycles. The summed E-state index contributed by atoms with van der Waals surface area (Å²) in [7, 11) is -1.34. The van der Waals surface area contributed by atoms with Gasteiger partial charge >= 0.3 is 0 Å². The van der Waals surface area contributed by atoms with Crippen molar-refractivity contribution in [2.75, 3.05) is 11.5 Å². The fourth-order valence-electron chi connectivity index (χ4n) is 2.77. The fraction of sp³-hybridized carbons (Fsp3) is 0.350. The summed E-state index contributed by atoms with van der Waals surface area (Å²) in [5, 5.41) is 0. The highest BCUT2D eigenvalue weighted by Gasteiger charge is 2.17. The summed E-state index contributed by atoms with van der Waals surface area (Å²) in [4.78, 5) is 11.8. The first-order chi connectivity index (χ1) is 12.0. The van der Waals surface area contributed by atoms with E-state index in [1.165, 1.54) is 12.1 Å². The first kappa shape index (κ1) is 19.3. The van der Waals surface area contributed by atoms with Crippen LogP contribution in [0.4, 0.5) is 10.1 Å². The summed E-state index contributed by atoms with van der Waals surface area (Å²) in [6.07, 6.45) is 3.99. The van der Waals surface area contributed by atoms with Crippen LogP contribution in [0.3, 0.4) is 0 Å². The number of carbonyl (C=O) groups is 1. The molecule has 0 heterocycles. The molecular weight excluding hydrogens is 337 g/mol. The van der Waals surface area contributed by atoms with Crippen molar-refractivity contribution in [1.29, 1.82) is 0 Å². The van der Waals surface area contributed by atoms with Crippen molar-refractivity contribution in [1.82, 2.24) is 0 Å². The van der Waals surface area contributed by atoms with E-state index in [4.69, 9.17) is 5.73 Å². The van der Waals surface area contributed by atoms with Crippen LogP contribution in [0.2, 0.25) is 0 Å². The molecule has 3 nitrogen and oxygen atoms in total. The maximum absolute atomic E-state index is 13.7. The van der Waals surface area contributed by atoms with Crippen molar-refractivity contribution in [3.8, 4) is 0 Å². The molecule has 2 aromatic carbocycles. The van der Waals surface area contributed by atoms with Crippen LogP contribution in [0.15, 0.2) is 47.4 Å². The third kappa shape index (κ3) is 5.78. The van der Waals surface area contributed by atoms with Crippen molar-refractivity contribution in [3.05, 3.63) is 59.4 Å². The lowest BCUT2D eigenvalue weighted by atomic mass is 10.0. The SMILES string of the molecule is CCCCC(C=O)CS(=O)c1ccc(F)cc1Cc1cccc(N)c1. The quantitative estimate of drug-likeness (QED) is 0.540. The molecule has 0 saturated carbocycles. The van der Waals surface area contributed by atoms with Gasteiger partial charge in [-0.15, -0.1) is 0 Å². The number of aldehydes is 1. The number of anilines is 1. The van der Waals surface area contributed by atoms with Crippen LogP contribution in [0.25, 0.3) is 0 Å². The van der Waals surface area contributed by atoms with Gasteiger partial charge in [0.2, 0.25) is 0 Å². The number of halogens is 1. The van der Waals surface area contributed by atoms with E-state index in [1.807, 2.05) is 18.2 Å². The van der Waals surface area contributed by atoms with E-state index >= 15 is 0 Å². The Kier molecular flexibility index (Phi) is 7.31. The van der Waals surface area contributed by atoms with E-state index in [0.29, 0.717) is 22.6 Å². The molecule has 2 N–H and O–H groups in total. The van der Waals surface area contributed by atoms with Gasteiger partial charge in [-0.05, 0) is 54.3 Å². The molecule has 0 spiro atoms. The Hall–Kier alpha value is -2.01. The molecule has 0 bridgehead atoms. The second kappa shape index (κ2) is 9.47. The van der Waals surface area contributed by atoms with Crippen LogP contribution >= 0.6 is 0 Å². The molecule has 0 aliphatic heterocycles. The van der Waals surface area contributed by atoms with Gasteiger partial charge in [0.1, 0.15) is 12.1 Å². The molecular formula is C20H24FNO2S. The van der Waals surface area contributed by atoms with Gasteiger partial charge in [-0.2, -0.15) is 0 Å². The smallest absolute Gasteiger partial charge is 0.124 e. The summed E-state index contributed by atoms with van der Waals surface area (Å²) in [6.45, 7) is 2.06. The van der Waals surface area contributed by atoms with Gasteiger partial charge in [0.15, 0.2) is 0 Å². The van der Waals surface area contributed by atoms with Gasteiger partial charge in [-0.1, -0.05) is 31.9 Å². The van der Waals surface area contributed by atoms with Gasteiger partial charge in [0, 0.05) is 22.3 Å². The highest BCUT2D eigenvalue weighted by atomic mass is 32.2. The third-order valence-electron chi connectivity index (χ3n) is 4.10. The number of hydrogen-bond donors (Lipinski definition) is 1. The molecule has 5 heteroatoms. The van der Waals surface area contributed by atoms with Crippen molar-refractivity contribution in [3.63, 3.8) is 0 Å². The van der Waals surface area contributed by atoms with Crippen molar-refractivity contribution in [2.45, 2.75) is 37.5 Å². The van der Waals surface area contributed by atoms with Crippen LogP contribution < -0.4 is 5.73 Å². The number of carbonyl (C=O) groups excluding carboxylic acids is 1. The zero-order valence-corrected chi connectivity index (χ0v) is 15.2. The minimum absolute atomic E-state index is 0.231. The molecule has 0 amide bonds. The number of benzene rings is 2. The van der Waals surface area contributed by atoms with E-state index in [9.17, 15) is 13.4 Å². The van der Waals surface area contributed by atoms with E-state index in [2.05, 4.69) is 6.92 Å². The number of rotatable bonds is 9. The minimum Gasteiger partial charge on any atom is -0.399 e. The lowest BCUT2D eigenvalue weighted by Crippen LogP contribution is -2.14. The highest BCUT2D eigenvalue weighted by molar-refractivity contribution is 7.85. The van der Waals surface area contributed by atoms with Crippen LogP contribution in [0, 0.1) is 11.7 Å². The van der Waals surface area contributed by atoms with E-state index < -0.39 is 10.8 Å². The fourth-order valence-corrected chi connectivity index (χ4v) is 4.23. The summed E-state index contributed by atoms with van der Waals surface area (Å²) in [5.74, 6) is -0.317. The Morgan fingerprint density at radius 1 is 1.24 bits per heavy atom. The number of unbranched alkanes of at least 4 members (excludes halogenated alkanes) is 1. The Morgan fingerprint density at radius 3 is 2.72 bits per heavy atom. The summed E-state index contributed by atoms with van der Waals surface area (Å²) in [6, 6.07) is 11.7. The van der Waals surface area contributed by atoms with Crippen molar-refractivity contribution < 1.29 is 13.4 Å². The zero-order valence-electron chi connectivity index (χ0n) is 14.4. The summed E-state index contributed by atoms with van der Waals surface area (Å²) >= 11 is 0. The topological polar surface area (TPSA) is 60.2 Å². The monoisotopic (exact) mass is 361 g/mol. The molecule has 0 aromatic heterocycles. The first-order valence-electron chi connectivity index (χ1n) is 8.50. The van der Waals surface area contributed by atoms with Crippen LogP contribution in [0.5, 0.6) is 0 Å². The molecule has 25 heavy (non-hydrogen) atoms. The molecule has 0 saturated heterocycles. The van der Waals surface area contributed by atoms with E-state index in [1.54, 1.807) is 12.1 Å². The lowest BCUT2D eigenvalue weighted by Gasteiger charge is -2.13. The zero-order chi connectivity index (χ0) is 18.2. The molecule has 2 atom stereocenters. The maximum Gasteiger partial charge on any atom is 0.124 e. The summed E-state index contributed by atoms with van der Waals surface area (Å²) < 4.78 is 26.5. The molecule has 2 unspecified atom stereocenters. The van der Waals surface area contributed by atoms with E-state index in [-0.39, 0.29) is 17.5 Å². The largest absolute Gasteiger partial charge is 0.399 e. The molecule has 0 fully saturated rings. The normalized spacial score (nSPS) is 13.4. The predicted octanol–water partition coefficient (Wildman–Crippen LogP) is 4.11. The number of nitrogens with two attached hydrogens (primary N) is 1. The second-order valence-electron chi connectivity index (χ2n) is 6.22. The highest BCUT2D eigenvalue weighted by Crippen LogP contribution is 2.22. The minimum atomic E-state index is -1.34. The second-order valence-corrected chi connectivity index (χ2v) is 7.69. The van der Waals surface area contributed by atoms with Gasteiger partial charge < -0.3 is 10.5 Å². The van der Waals surface area contributed by atoms with Gasteiger partial charge in [0.25, 0.3) is 0 Å². The maximum atomic E-state index is 13.7. The summed E-state index contributed by atoms with van der Waals surface area (Å²) in [5.41, 5.74) is 8.04. The molecule has 2 rings (SSSR count). The predicted molar refractivity (Wildman–Crippen MR) is 100 cm³/mol. The number of nitrogen functional groups attached to an aromatic ring is 1. The van der Waals surface area contributed by atoms with Crippen molar-refractivity contribution >= 4 is 22.8 Å². The molecule has 134 valence electrons. The molecule has 0 radical (unpaired) electrons. The third-order valence-corrected chi connectivity index (χ3v) is 5.72.